The summed E-state index contributed by atoms with van der Waals surface area (Å²) < 4.78 is 0. The first-order chi connectivity index (χ1) is 8.97. The van der Waals surface area contributed by atoms with Gasteiger partial charge in [0, 0.05) is 24.2 Å². The predicted molar refractivity (Wildman–Crippen MR) is 74.9 cm³/mol. The first kappa shape index (κ1) is 14.0. The average molecular weight is 263 g/mol. The van der Waals surface area contributed by atoms with Crippen molar-refractivity contribution in [1.29, 1.82) is 0 Å². The van der Waals surface area contributed by atoms with Crippen LogP contribution in [0.4, 0.5) is 5.69 Å². The van der Waals surface area contributed by atoms with Crippen LogP contribution in [-0.4, -0.2) is 29.5 Å². The van der Waals surface area contributed by atoms with Gasteiger partial charge in [-0.05, 0) is 31.8 Å². The van der Waals surface area contributed by atoms with Gasteiger partial charge in [-0.3, -0.25) is 15.0 Å². The fraction of sp³-hybridized carbons (Fsp3) is 0.571. The molecule has 0 aliphatic carbocycles. The molecule has 1 fully saturated rings. The Bertz CT molecular complexity index is 478. The first-order valence-electron chi connectivity index (χ1n) is 6.64. The fourth-order valence-corrected chi connectivity index (χ4v) is 2.76. The van der Waals surface area contributed by atoms with Gasteiger partial charge in [-0.1, -0.05) is 25.1 Å². The minimum absolute atomic E-state index is 0.0509. The van der Waals surface area contributed by atoms with Crippen LogP contribution >= 0.6 is 0 Å². The van der Waals surface area contributed by atoms with Crippen molar-refractivity contribution in [2.45, 2.75) is 26.3 Å². The number of nitrogens with zero attached hydrogens (tertiary/aromatic N) is 2. The second-order valence-corrected chi connectivity index (χ2v) is 5.73. The van der Waals surface area contributed by atoms with E-state index in [2.05, 4.69) is 11.8 Å². The van der Waals surface area contributed by atoms with E-state index in [1.807, 2.05) is 19.1 Å². The lowest BCUT2D eigenvalue weighted by Crippen LogP contribution is -2.32. The summed E-state index contributed by atoms with van der Waals surface area (Å²) in [5.74, 6) is 0. The Balaban J connectivity index is 2.22. The average Bonchev–Trinajstić information content (AvgIpc) is 2.81. The summed E-state index contributed by atoms with van der Waals surface area (Å²) in [6.45, 7) is 6.72. The number of rotatable bonds is 4. The Morgan fingerprint density at radius 3 is 2.79 bits per heavy atom. The highest BCUT2D eigenvalue weighted by Crippen LogP contribution is 2.36. The number of nitro groups is 1. The maximum absolute atomic E-state index is 11.1. The lowest BCUT2D eigenvalue weighted by molar-refractivity contribution is -0.386. The summed E-state index contributed by atoms with van der Waals surface area (Å²) in [6, 6.07) is 7.04. The van der Waals surface area contributed by atoms with E-state index in [1.54, 1.807) is 12.1 Å². The molecule has 2 N–H and O–H groups in total. The Hall–Kier alpha value is -1.46. The van der Waals surface area contributed by atoms with E-state index in [-0.39, 0.29) is 22.1 Å². The third-order valence-electron chi connectivity index (χ3n) is 4.21. The third-order valence-corrected chi connectivity index (χ3v) is 4.21. The van der Waals surface area contributed by atoms with Gasteiger partial charge in [-0.15, -0.1) is 0 Å². The zero-order valence-corrected chi connectivity index (χ0v) is 11.5. The highest BCUT2D eigenvalue weighted by Gasteiger charge is 2.36. The summed E-state index contributed by atoms with van der Waals surface area (Å²) >= 11 is 0. The van der Waals surface area contributed by atoms with Gasteiger partial charge in [0.15, 0.2) is 0 Å². The van der Waals surface area contributed by atoms with Gasteiger partial charge in [0.1, 0.15) is 0 Å². The van der Waals surface area contributed by atoms with E-state index in [0.717, 1.165) is 25.1 Å². The van der Waals surface area contributed by atoms with Crippen LogP contribution in [0.25, 0.3) is 0 Å². The Morgan fingerprint density at radius 1 is 1.53 bits per heavy atom. The van der Waals surface area contributed by atoms with Gasteiger partial charge in [0.2, 0.25) is 0 Å². The Kier molecular flexibility index (Phi) is 3.87. The molecule has 1 aromatic rings. The monoisotopic (exact) mass is 263 g/mol. The van der Waals surface area contributed by atoms with Gasteiger partial charge in [-0.25, -0.2) is 0 Å². The highest BCUT2D eigenvalue weighted by atomic mass is 16.6. The van der Waals surface area contributed by atoms with Crippen molar-refractivity contribution in [2.24, 2.45) is 11.1 Å². The van der Waals surface area contributed by atoms with Crippen LogP contribution in [0.5, 0.6) is 0 Å². The molecule has 5 heteroatoms. The number of nitro benzene ring substituents is 1. The minimum atomic E-state index is -0.302. The number of nitrogens with two attached hydrogens (primary N) is 1. The minimum Gasteiger partial charge on any atom is -0.330 e. The standard InChI is InChI=1S/C14H21N3O2/c1-11(16-8-7-14(2,9-15)10-16)12-5-3-4-6-13(12)17(18)19/h3-6,11H,7-10,15H2,1-2H3. The molecule has 1 aromatic carbocycles. The zero-order chi connectivity index (χ0) is 14.0. The molecule has 1 aliphatic heterocycles. The maximum Gasteiger partial charge on any atom is 0.274 e. The van der Waals surface area contributed by atoms with Crippen molar-refractivity contribution >= 4 is 5.69 Å². The molecule has 2 atom stereocenters. The molecule has 19 heavy (non-hydrogen) atoms. The SMILES string of the molecule is CC(c1ccccc1[N+](=O)[O-])N1CCC(C)(CN)C1. The van der Waals surface area contributed by atoms with Crippen molar-refractivity contribution in [3.8, 4) is 0 Å². The van der Waals surface area contributed by atoms with Crippen LogP contribution in [0.15, 0.2) is 24.3 Å². The molecule has 1 aliphatic rings. The number of hydrogen-bond donors (Lipinski definition) is 1. The molecule has 2 unspecified atom stereocenters. The maximum atomic E-state index is 11.1. The lowest BCUT2D eigenvalue weighted by atomic mass is 9.90. The molecule has 0 spiro atoms. The van der Waals surface area contributed by atoms with Crippen molar-refractivity contribution in [2.75, 3.05) is 19.6 Å². The van der Waals surface area contributed by atoms with Crippen molar-refractivity contribution in [3.05, 3.63) is 39.9 Å². The van der Waals surface area contributed by atoms with E-state index in [0.29, 0.717) is 6.54 Å². The summed E-state index contributed by atoms with van der Waals surface area (Å²) in [6.07, 6.45) is 1.05. The smallest absolute Gasteiger partial charge is 0.274 e. The first-order valence-corrected chi connectivity index (χ1v) is 6.64. The van der Waals surface area contributed by atoms with Crippen molar-refractivity contribution in [1.82, 2.24) is 4.90 Å². The topological polar surface area (TPSA) is 72.4 Å². The summed E-state index contributed by atoms with van der Waals surface area (Å²) in [5, 5.41) is 11.1. The molecule has 104 valence electrons. The van der Waals surface area contributed by atoms with E-state index >= 15 is 0 Å². The molecule has 1 heterocycles. The summed E-state index contributed by atoms with van der Waals surface area (Å²) in [7, 11) is 0. The Morgan fingerprint density at radius 2 is 2.21 bits per heavy atom. The second kappa shape index (κ2) is 5.27. The largest absolute Gasteiger partial charge is 0.330 e. The molecule has 0 radical (unpaired) electrons. The predicted octanol–water partition coefficient (Wildman–Crippen LogP) is 2.33. The molecule has 0 aromatic heterocycles. The summed E-state index contributed by atoms with van der Waals surface area (Å²) in [4.78, 5) is 13.1. The molecule has 1 saturated heterocycles. The highest BCUT2D eigenvalue weighted by molar-refractivity contribution is 5.41. The van der Waals surface area contributed by atoms with Gasteiger partial charge < -0.3 is 5.73 Å². The molecule has 0 bridgehead atoms. The van der Waals surface area contributed by atoms with Crippen LogP contribution in [0.1, 0.15) is 31.9 Å². The number of benzene rings is 1. The number of para-hydroxylation sites is 1. The number of likely N-dealkylation sites (tertiary alicyclic amines) is 1. The van der Waals surface area contributed by atoms with Crippen LogP contribution in [0.3, 0.4) is 0 Å². The van der Waals surface area contributed by atoms with E-state index in [4.69, 9.17) is 5.73 Å². The molecular formula is C14H21N3O2. The molecular weight excluding hydrogens is 242 g/mol. The van der Waals surface area contributed by atoms with Crippen LogP contribution in [-0.2, 0) is 0 Å². The van der Waals surface area contributed by atoms with E-state index in [9.17, 15) is 10.1 Å². The molecule has 2 rings (SSSR count). The molecule has 5 nitrogen and oxygen atoms in total. The lowest BCUT2D eigenvalue weighted by Gasteiger charge is -2.27. The van der Waals surface area contributed by atoms with Gasteiger partial charge >= 0.3 is 0 Å². The second-order valence-electron chi connectivity index (χ2n) is 5.73. The normalized spacial score (nSPS) is 25.4. The summed E-state index contributed by atoms with van der Waals surface area (Å²) in [5.41, 5.74) is 6.94. The zero-order valence-electron chi connectivity index (χ0n) is 11.5. The number of hydrogen-bond acceptors (Lipinski definition) is 4. The van der Waals surface area contributed by atoms with Gasteiger partial charge in [0.05, 0.1) is 4.92 Å². The van der Waals surface area contributed by atoms with Gasteiger partial charge in [-0.2, -0.15) is 0 Å². The molecule has 0 saturated carbocycles. The van der Waals surface area contributed by atoms with Crippen LogP contribution in [0.2, 0.25) is 0 Å². The van der Waals surface area contributed by atoms with Crippen LogP contribution < -0.4 is 5.73 Å². The third kappa shape index (κ3) is 2.77. The fourth-order valence-electron chi connectivity index (χ4n) is 2.76. The van der Waals surface area contributed by atoms with Crippen LogP contribution in [0, 0.1) is 15.5 Å². The van der Waals surface area contributed by atoms with E-state index < -0.39 is 0 Å². The van der Waals surface area contributed by atoms with Crippen molar-refractivity contribution in [3.63, 3.8) is 0 Å². The quantitative estimate of drug-likeness (QED) is 0.668. The Labute approximate surface area is 113 Å². The van der Waals surface area contributed by atoms with E-state index in [1.165, 1.54) is 0 Å². The molecule has 0 amide bonds. The van der Waals surface area contributed by atoms with Crippen molar-refractivity contribution < 1.29 is 4.92 Å². The van der Waals surface area contributed by atoms with Gasteiger partial charge in [0.25, 0.3) is 5.69 Å².